The van der Waals surface area contributed by atoms with E-state index in [9.17, 15) is 9.59 Å². The summed E-state index contributed by atoms with van der Waals surface area (Å²) in [5.74, 6) is 0. The first-order chi connectivity index (χ1) is 8.15. The molecule has 0 aliphatic carbocycles. The number of carbonyl (C=O) groups is 2. The fraction of sp³-hybridized carbons (Fsp3) is 0.167. The van der Waals surface area contributed by atoms with E-state index < -0.39 is 11.4 Å². The molecule has 0 amide bonds. The van der Waals surface area contributed by atoms with Crippen LogP contribution < -0.4 is 0 Å². The van der Waals surface area contributed by atoms with Crippen molar-refractivity contribution < 1.29 is 19.1 Å². The molecule has 17 heavy (non-hydrogen) atoms. The minimum absolute atomic E-state index is 0.0649. The summed E-state index contributed by atoms with van der Waals surface area (Å²) in [5.41, 5.74) is 0.841. The average Bonchev–Trinajstić information content (AvgIpc) is 2.34. The number of halogens is 1. The van der Waals surface area contributed by atoms with Crippen molar-refractivity contribution in [2.24, 2.45) is 0 Å². The van der Waals surface area contributed by atoms with Gasteiger partial charge in [-0.25, -0.2) is 4.79 Å². The van der Waals surface area contributed by atoms with Crippen molar-refractivity contribution in [1.82, 2.24) is 0 Å². The first-order valence-electron chi connectivity index (χ1n) is 4.83. The topological polar surface area (TPSA) is 52.6 Å². The SMILES string of the molecule is C=CCOC(=O)OCc1ccccc1C(=O)Cl. The number of carbonyl (C=O) groups excluding carboxylic acids is 2. The Morgan fingerprint density at radius 2 is 2.00 bits per heavy atom. The Bertz CT molecular complexity index is 428. The molecule has 0 aromatic heterocycles. The Labute approximate surface area is 104 Å². The normalized spacial score (nSPS) is 9.47. The molecule has 0 spiro atoms. The van der Waals surface area contributed by atoms with Gasteiger partial charge < -0.3 is 9.47 Å². The molecule has 1 aromatic rings. The molecule has 5 heteroatoms. The highest BCUT2D eigenvalue weighted by Crippen LogP contribution is 2.13. The van der Waals surface area contributed by atoms with Gasteiger partial charge in [0, 0.05) is 11.1 Å². The first-order valence-corrected chi connectivity index (χ1v) is 5.21. The van der Waals surface area contributed by atoms with Crippen LogP contribution in [0.5, 0.6) is 0 Å². The van der Waals surface area contributed by atoms with Crippen molar-refractivity contribution >= 4 is 23.0 Å². The summed E-state index contributed by atoms with van der Waals surface area (Å²) >= 11 is 5.38. The lowest BCUT2D eigenvalue weighted by Crippen LogP contribution is -2.09. The Balaban J connectivity index is 2.60. The van der Waals surface area contributed by atoms with E-state index >= 15 is 0 Å². The van der Waals surface area contributed by atoms with E-state index in [0.717, 1.165) is 0 Å². The van der Waals surface area contributed by atoms with Crippen LogP contribution in [0.4, 0.5) is 4.79 Å². The molecule has 0 fully saturated rings. The minimum Gasteiger partial charge on any atom is -0.430 e. The Morgan fingerprint density at radius 1 is 1.29 bits per heavy atom. The number of rotatable bonds is 5. The molecule has 1 aromatic carbocycles. The molecule has 0 heterocycles. The molecule has 0 atom stereocenters. The van der Waals surface area contributed by atoms with E-state index in [1.165, 1.54) is 6.08 Å². The van der Waals surface area contributed by atoms with Crippen LogP contribution in [0.2, 0.25) is 0 Å². The maximum Gasteiger partial charge on any atom is 0.508 e. The molecular formula is C12H11ClO4. The van der Waals surface area contributed by atoms with Gasteiger partial charge in [0.25, 0.3) is 5.24 Å². The molecule has 0 bridgehead atoms. The lowest BCUT2D eigenvalue weighted by molar-refractivity contribution is 0.0573. The highest BCUT2D eigenvalue weighted by atomic mass is 35.5. The second-order valence-corrected chi connectivity index (χ2v) is 3.41. The van der Waals surface area contributed by atoms with Crippen molar-refractivity contribution in [2.75, 3.05) is 6.61 Å². The van der Waals surface area contributed by atoms with E-state index in [2.05, 4.69) is 11.3 Å². The Morgan fingerprint density at radius 3 is 2.65 bits per heavy atom. The third-order valence-corrected chi connectivity index (χ3v) is 2.10. The summed E-state index contributed by atoms with van der Waals surface area (Å²) < 4.78 is 9.42. The number of hydrogen-bond donors (Lipinski definition) is 0. The van der Waals surface area contributed by atoms with Crippen LogP contribution in [-0.2, 0) is 16.1 Å². The third kappa shape index (κ3) is 4.28. The maximum atomic E-state index is 11.1. The highest BCUT2D eigenvalue weighted by Gasteiger charge is 2.10. The predicted octanol–water partition coefficient (Wildman–Crippen LogP) is 2.90. The Kier molecular flexibility index (Phi) is 5.23. The zero-order valence-electron chi connectivity index (χ0n) is 9.02. The van der Waals surface area contributed by atoms with Crippen molar-refractivity contribution in [1.29, 1.82) is 0 Å². The van der Waals surface area contributed by atoms with Gasteiger partial charge in [-0.2, -0.15) is 0 Å². The van der Waals surface area contributed by atoms with Crippen molar-refractivity contribution in [3.63, 3.8) is 0 Å². The van der Waals surface area contributed by atoms with Crippen LogP contribution in [0.15, 0.2) is 36.9 Å². The fourth-order valence-corrected chi connectivity index (χ4v) is 1.33. The number of benzene rings is 1. The van der Waals surface area contributed by atoms with Crippen molar-refractivity contribution in [3.8, 4) is 0 Å². The van der Waals surface area contributed by atoms with Gasteiger partial charge in [-0.3, -0.25) is 4.79 Å². The second kappa shape index (κ2) is 6.70. The van der Waals surface area contributed by atoms with E-state index in [1.54, 1.807) is 24.3 Å². The number of hydrogen-bond acceptors (Lipinski definition) is 4. The highest BCUT2D eigenvalue weighted by molar-refractivity contribution is 6.67. The monoisotopic (exact) mass is 254 g/mol. The summed E-state index contributed by atoms with van der Waals surface area (Å²) in [6, 6.07) is 6.60. The van der Waals surface area contributed by atoms with Gasteiger partial charge in [-0.15, -0.1) is 0 Å². The molecule has 0 radical (unpaired) electrons. The summed E-state index contributed by atoms with van der Waals surface area (Å²) in [6.07, 6.45) is 0.610. The van der Waals surface area contributed by atoms with E-state index in [0.29, 0.717) is 11.1 Å². The Hall–Kier alpha value is -1.81. The van der Waals surface area contributed by atoms with Crippen LogP contribution >= 0.6 is 11.6 Å². The molecular weight excluding hydrogens is 244 g/mol. The standard InChI is InChI=1S/C12H11ClO4/c1-2-7-16-12(15)17-8-9-5-3-4-6-10(9)11(13)14/h2-6H,1,7-8H2. The van der Waals surface area contributed by atoms with E-state index in [-0.39, 0.29) is 13.2 Å². The molecule has 0 unspecified atom stereocenters. The van der Waals surface area contributed by atoms with Gasteiger partial charge >= 0.3 is 6.16 Å². The van der Waals surface area contributed by atoms with Gasteiger partial charge in [0.05, 0.1) is 0 Å². The van der Waals surface area contributed by atoms with Gasteiger partial charge in [-0.05, 0) is 17.7 Å². The number of ether oxygens (including phenoxy) is 2. The van der Waals surface area contributed by atoms with Crippen LogP contribution in [0, 0.1) is 0 Å². The average molecular weight is 255 g/mol. The molecule has 4 nitrogen and oxygen atoms in total. The summed E-state index contributed by atoms with van der Waals surface area (Å²) in [6.45, 7) is 3.41. The van der Waals surface area contributed by atoms with E-state index in [4.69, 9.17) is 16.3 Å². The smallest absolute Gasteiger partial charge is 0.430 e. The van der Waals surface area contributed by atoms with Crippen LogP contribution in [0.3, 0.4) is 0 Å². The molecule has 0 saturated carbocycles. The molecule has 1 rings (SSSR count). The molecule has 0 aliphatic rings. The van der Waals surface area contributed by atoms with Crippen LogP contribution in [0.1, 0.15) is 15.9 Å². The fourth-order valence-electron chi connectivity index (χ4n) is 1.14. The van der Waals surface area contributed by atoms with Gasteiger partial charge in [-0.1, -0.05) is 30.9 Å². The predicted molar refractivity (Wildman–Crippen MR) is 63.0 cm³/mol. The molecule has 0 saturated heterocycles. The summed E-state index contributed by atoms with van der Waals surface area (Å²) in [7, 11) is 0. The summed E-state index contributed by atoms with van der Waals surface area (Å²) in [4.78, 5) is 22.1. The van der Waals surface area contributed by atoms with Crippen LogP contribution in [-0.4, -0.2) is 18.0 Å². The van der Waals surface area contributed by atoms with Crippen molar-refractivity contribution in [2.45, 2.75) is 6.61 Å². The van der Waals surface area contributed by atoms with Gasteiger partial charge in [0.2, 0.25) is 0 Å². The minimum atomic E-state index is -0.818. The van der Waals surface area contributed by atoms with E-state index in [1.807, 2.05) is 0 Å². The summed E-state index contributed by atoms with van der Waals surface area (Å²) in [5, 5.41) is -0.594. The molecule has 90 valence electrons. The third-order valence-electron chi connectivity index (χ3n) is 1.89. The largest absolute Gasteiger partial charge is 0.508 e. The molecule has 0 N–H and O–H groups in total. The second-order valence-electron chi connectivity index (χ2n) is 3.07. The first kappa shape index (κ1) is 13.3. The van der Waals surface area contributed by atoms with Gasteiger partial charge in [0.15, 0.2) is 0 Å². The van der Waals surface area contributed by atoms with Gasteiger partial charge in [0.1, 0.15) is 13.2 Å². The lowest BCUT2D eigenvalue weighted by Gasteiger charge is -2.07. The zero-order valence-corrected chi connectivity index (χ0v) is 9.77. The molecule has 0 aliphatic heterocycles. The maximum absolute atomic E-state index is 11.1. The lowest BCUT2D eigenvalue weighted by atomic mass is 10.1. The van der Waals surface area contributed by atoms with Crippen LogP contribution in [0.25, 0.3) is 0 Å². The van der Waals surface area contributed by atoms with Crippen molar-refractivity contribution in [3.05, 3.63) is 48.0 Å². The quantitative estimate of drug-likeness (QED) is 0.461. The zero-order chi connectivity index (χ0) is 12.7.